The van der Waals surface area contributed by atoms with Gasteiger partial charge in [0.1, 0.15) is 0 Å². The predicted molar refractivity (Wildman–Crippen MR) is 79.6 cm³/mol. The van der Waals surface area contributed by atoms with Crippen molar-refractivity contribution in [1.82, 2.24) is 10.2 Å². The van der Waals surface area contributed by atoms with Gasteiger partial charge in [0.15, 0.2) is 0 Å². The molecule has 1 N–H and O–H groups in total. The van der Waals surface area contributed by atoms with E-state index < -0.39 is 0 Å². The minimum Gasteiger partial charge on any atom is -0.380 e. The molecule has 0 spiro atoms. The molecule has 1 aliphatic heterocycles. The Morgan fingerprint density at radius 1 is 1.37 bits per heavy atom. The molecule has 1 saturated heterocycles. The van der Waals surface area contributed by atoms with Crippen LogP contribution in [0.5, 0.6) is 0 Å². The second-order valence-corrected chi connectivity index (χ2v) is 7.03. The summed E-state index contributed by atoms with van der Waals surface area (Å²) >= 11 is 1.96. The first-order chi connectivity index (χ1) is 9.31. The fraction of sp³-hybridized carbons (Fsp3) is 0.733. The zero-order valence-corrected chi connectivity index (χ0v) is 12.6. The van der Waals surface area contributed by atoms with Crippen molar-refractivity contribution in [1.29, 1.82) is 0 Å². The highest BCUT2D eigenvalue weighted by Crippen LogP contribution is 2.25. The molecule has 3 rings (SSSR count). The third-order valence-electron chi connectivity index (χ3n) is 3.92. The van der Waals surface area contributed by atoms with Crippen LogP contribution in [0, 0.1) is 6.92 Å². The standard InChI is InChI=1S/C15H24N2OS/c1-12-13(11-17-5-2-7-18-8-6-17)9-15(19-12)10-16-14-3-4-14/h9,14,16H,2-8,10-11H2,1H3. The molecule has 3 nitrogen and oxygen atoms in total. The lowest BCUT2D eigenvalue weighted by Gasteiger charge is -2.18. The van der Waals surface area contributed by atoms with E-state index in [1.807, 2.05) is 11.3 Å². The van der Waals surface area contributed by atoms with Crippen LogP contribution < -0.4 is 5.32 Å². The van der Waals surface area contributed by atoms with Crippen LogP contribution >= 0.6 is 11.3 Å². The molecule has 2 heterocycles. The molecular formula is C15H24N2OS. The molecule has 0 bridgehead atoms. The van der Waals surface area contributed by atoms with Gasteiger partial charge in [-0.3, -0.25) is 4.90 Å². The number of hydrogen-bond donors (Lipinski definition) is 1. The number of aryl methyl sites for hydroxylation is 1. The second-order valence-electron chi connectivity index (χ2n) is 5.69. The average Bonchev–Trinajstić information content (AvgIpc) is 3.18. The van der Waals surface area contributed by atoms with Crippen LogP contribution in [0.4, 0.5) is 0 Å². The first-order valence-corrected chi connectivity index (χ1v) is 8.24. The van der Waals surface area contributed by atoms with Crippen LogP contribution in [-0.2, 0) is 17.8 Å². The molecule has 4 heteroatoms. The number of hydrogen-bond acceptors (Lipinski definition) is 4. The smallest absolute Gasteiger partial charge is 0.0593 e. The van der Waals surface area contributed by atoms with Crippen molar-refractivity contribution in [2.24, 2.45) is 0 Å². The Labute approximate surface area is 119 Å². The fourth-order valence-corrected chi connectivity index (χ4v) is 3.57. The van der Waals surface area contributed by atoms with E-state index in [2.05, 4.69) is 23.2 Å². The van der Waals surface area contributed by atoms with Gasteiger partial charge in [0.05, 0.1) is 6.61 Å². The van der Waals surface area contributed by atoms with E-state index in [0.717, 1.165) is 38.9 Å². The van der Waals surface area contributed by atoms with Crippen LogP contribution in [0.1, 0.15) is 34.6 Å². The van der Waals surface area contributed by atoms with Gasteiger partial charge in [-0.1, -0.05) is 0 Å². The molecule has 0 atom stereocenters. The van der Waals surface area contributed by atoms with Gasteiger partial charge in [-0.2, -0.15) is 0 Å². The Kier molecular flexibility index (Phi) is 4.53. The first-order valence-electron chi connectivity index (χ1n) is 7.43. The van der Waals surface area contributed by atoms with Crippen molar-refractivity contribution in [2.45, 2.75) is 45.3 Å². The van der Waals surface area contributed by atoms with E-state index >= 15 is 0 Å². The number of thiophene rings is 1. The zero-order chi connectivity index (χ0) is 13.1. The van der Waals surface area contributed by atoms with Gasteiger partial charge in [0.25, 0.3) is 0 Å². The third kappa shape index (κ3) is 4.02. The predicted octanol–water partition coefficient (Wildman–Crippen LogP) is 2.53. The summed E-state index contributed by atoms with van der Waals surface area (Å²) in [5, 5.41) is 3.60. The highest BCUT2D eigenvalue weighted by Gasteiger charge is 2.20. The van der Waals surface area contributed by atoms with Crippen molar-refractivity contribution >= 4 is 11.3 Å². The van der Waals surface area contributed by atoms with Crippen molar-refractivity contribution in [3.05, 3.63) is 21.4 Å². The van der Waals surface area contributed by atoms with Gasteiger partial charge in [0, 0.05) is 48.6 Å². The molecule has 0 aromatic carbocycles. The quantitative estimate of drug-likeness (QED) is 0.897. The summed E-state index contributed by atoms with van der Waals surface area (Å²) in [6.07, 6.45) is 3.90. The van der Waals surface area contributed by atoms with E-state index in [9.17, 15) is 0 Å². The molecule has 2 fully saturated rings. The van der Waals surface area contributed by atoms with Crippen molar-refractivity contribution in [2.75, 3.05) is 26.3 Å². The lowest BCUT2D eigenvalue weighted by molar-refractivity contribution is 0.140. The highest BCUT2D eigenvalue weighted by atomic mass is 32.1. The lowest BCUT2D eigenvalue weighted by atomic mass is 10.2. The highest BCUT2D eigenvalue weighted by molar-refractivity contribution is 7.12. The van der Waals surface area contributed by atoms with Gasteiger partial charge in [0.2, 0.25) is 0 Å². The monoisotopic (exact) mass is 280 g/mol. The third-order valence-corrected chi connectivity index (χ3v) is 5.02. The normalized spacial score (nSPS) is 21.5. The molecule has 1 aliphatic carbocycles. The number of ether oxygens (including phenoxy) is 1. The Hall–Kier alpha value is -0.420. The van der Waals surface area contributed by atoms with Gasteiger partial charge >= 0.3 is 0 Å². The maximum absolute atomic E-state index is 5.52. The Morgan fingerprint density at radius 2 is 2.26 bits per heavy atom. The molecule has 0 radical (unpaired) electrons. The fourth-order valence-electron chi connectivity index (χ4n) is 2.56. The van der Waals surface area contributed by atoms with Crippen molar-refractivity contribution in [3.8, 4) is 0 Å². The molecule has 1 saturated carbocycles. The van der Waals surface area contributed by atoms with Crippen LogP contribution in [-0.4, -0.2) is 37.2 Å². The summed E-state index contributed by atoms with van der Waals surface area (Å²) < 4.78 is 5.52. The van der Waals surface area contributed by atoms with Gasteiger partial charge in [-0.15, -0.1) is 11.3 Å². The Morgan fingerprint density at radius 3 is 3.11 bits per heavy atom. The molecule has 2 aliphatic rings. The summed E-state index contributed by atoms with van der Waals surface area (Å²) in [5.74, 6) is 0. The van der Waals surface area contributed by atoms with E-state index in [1.54, 1.807) is 0 Å². The zero-order valence-electron chi connectivity index (χ0n) is 11.8. The van der Waals surface area contributed by atoms with Crippen LogP contribution in [0.15, 0.2) is 6.07 Å². The average molecular weight is 280 g/mol. The summed E-state index contributed by atoms with van der Waals surface area (Å²) in [5.41, 5.74) is 1.51. The van der Waals surface area contributed by atoms with E-state index in [-0.39, 0.29) is 0 Å². The molecule has 106 valence electrons. The Bertz CT molecular complexity index is 406. The molecule has 1 aromatic heterocycles. The van der Waals surface area contributed by atoms with Crippen LogP contribution in [0.3, 0.4) is 0 Å². The molecule has 1 aromatic rings. The topological polar surface area (TPSA) is 24.5 Å². The number of nitrogens with zero attached hydrogens (tertiary/aromatic N) is 1. The van der Waals surface area contributed by atoms with Gasteiger partial charge in [-0.25, -0.2) is 0 Å². The van der Waals surface area contributed by atoms with Gasteiger partial charge in [-0.05, 0) is 37.8 Å². The number of nitrogens with one attached hydrogen (secondary N) is 1. The van der Waals surface area contributed by atoms with E-state index in [1.165, 1.54) is 41.1 Å². The Balaban J connectivity index is 1.56. The molecular weight excluding hydrogens is 256 g/mol. The van der Waals surface area contributed by atoms with E-state index in [0.29, 0.717) is 0 Å². The molecule has 19 heavy (non-hydrogen) atoms. The molecule has 0 amide bonds. The van der Waals surface area contributed by atoms with Gasteiger partial charge < -0.3 is 10.1 Å². The summed E-state index contributed by atoms with van der Waals surface area (Å²) in [6, 6.07) is 3.20. The van der Waals surface area contributed by atoms with Crippen molar-refractivity contribution < 1.29 is 4.74 Å². The summed E-state index contributed by atoms with van der Waals surface area (Å²) in [4.78, 5) is 5.50. The summed E-state index contributed by atoms with van der Waals surface area (Å²) in [7, 11) is 0. The second kappa shape index (κ2) is 6.35. The minimum atomic E-state index is 0.800. The SMILES string of the molecule is Cc1sc(CNC2CC2)cc1CN1CCCOCC1. The maximum Gasteiger partial charge on any atom is 0.0593 e. The minimum absolute atomic E-state index is 0.800. The molecule has 0 unspecified atom stereocenters. The first kappa shape index (κ1) is 13.6. The van der Waals surface area contributed by atoms with E-state index in [4.69, 9.17) is 4.74 Å². The lowest BCUT2D eigenvalue weighted by Crippen LogP contribution is -2.25. The maximum atomic E-state index is 5.52. The largest absolute Gasteiger partial charge is 0.380 e. The number of rotatable bonds is 5. The van der Waals surface area contributed by atoms with Crippen molar-refractivity contribution in [3.63, 3.8) is 0 Å². The summed E-state index contributed by atoms with van der Waals surface area (Å²) in [6.45, 7) is 8.47. The van der Waals surface area contributed by atoms with Crippen LogP contribution in [0.2, 0.25) is 0 Å². The van der Waals surface area contributed by atoms with Crippen LogP contribution in [0.25, 0.3) is 0 Å².